The molecule has 0 radical (unpaired) electrons. The van der Waals surface area contributed by atoms with Gasteiger partial charge in [0.25, 0.3) is 0 Å². The lowest BCUT2D eigenvalue weighted by molar-refractivity contribution is -0.142. The first-order chi connectivity index (χ1) is 26.5. The molecule has 55 heavy (non-hydrogen) atoms. The predicted octanol–water partition coefficient (Wildman–Crippen LogP) is 4.12. The van der Waals surface area contributed by atoms with E-state index in [9.17, 15) is 14.9 Å². The van der Waals surface area contributed by atoms with E-state index in [-0.39, 0.29) is 37.8 Å². The van der Waals surface area contributed by atoms with Crippen molar-refractivity contribution in [1.29, 1.82) is 5.26 Å². The highest BCUT2D eigenvalue weighted by atomic mass is 16.6. The number of carboxylic acid groups (broad SMARTS) is 1. The van der Waals surface area contributed by atoms with Crippen LogP contribution >= 0.6 is 0 Å². The molecule has 2 aromatic carbocycles. The Labute approximate surface area is 322 Å². The lowest BCUT2D eigenvalue weighted by atomic mass is 10.0. The van der Waals surface area contributed by atoms with Crippen molar-refractivity contribution in [2.45, 2.75) is 70.4 Å². The third-order valence-electron chi connectivity index (χ3n) is 10.1. The summed E-state index contributed by atoms with van der Waals surface area (Å²) in [6.45, 7) is 10.4. The Hall–Kier alpha value is -4.75. The van der Waals surface area contributed by atoms with Crippen molar-refractivity contribution in [3.05, 3.63) is 53.7 Å². The van der Waals surface area contributed by atoms with Crippen LogP contribution < -0.4 is 14.5 Å². The van der Waals surface area contributed by atoms with Crippen molar-refractivity contribution in [3.63, 3.8) is 0 Å². The smallest absolute Gasteiger partial charge is 0.410 e. The molecule has 0 spiro atoms. The normalized spacial score (nSPS) is 20.3. The summed E-state index contributed by atoms with van der Waals surface area (Å²) in [6.07, 6.45) is 1.27. The van der Waals surface area contributed by atoms with Gasteiger partial charge in [-0.05, 0) is 52.1 Å². The Balaban J connectivity index is 1.16. The molecule has 4 heterocycles. The van der Waals surface area contributed by atoms with E-state index in [2.05, 4.69) is 63.2 Å². The maximum absolute atomic E-state index is 13.2. The maximum Gasteiger partial charge on any atom is 0.410 e. The number of aromatic nitrogens is 2. The first-order valence-electron chi connectivity index (χ1n) is 19.0. The van der Waals surface area contributed by atoms with Gasteiger partial charge in [0.15, 0.2) is 0 Å². The van der Waals surface area contributed by atoms with Gasteiger partial charge in [0.1, 0.15) is 24.6 Å². The number of nitriles is 1. The first kappa shape index (κ1) is 39.9. The molecule has 2 saturated heterocycles. The van der Waals surface area contributed by atoms with Crippen molar-refractivity contribution in [2.24, 2.45) is 0 Å². The molecule has 3 aliphatic heterocycles. The Morgan fingerprint density at radius 2 is 1.73 bits per heavy atom. The molecule has 2 fully saturated rings. The van der Waals surface area contributed by atoms with E-state index in [1.807, 2.05) is 27.8 Å². The quantitative estimate of drug-likeness (QED) is 0.220. The summed E-state index contributed by atoms with van der Waals surface area (Å²) >= 11 is 0. The van der Waals surface area contributed by atoms with Crippen LogP contribution in [0.2, 0.25) is 0 Å². The zero-order valence-corrected chi connectivity index (χ0v) is 32.3. The second-order valence-corrected chi connectivity index (χ2v) is 15.3. The number of fused-ring (bicyclic) bond motifs is 2. The Bertz CT molecular complexity index is 1830. The molecule has 0 unspecified atom stereocenters. The van der Waals surface area contributed by atoms with Crippen LogP contribution in [0.3, 0.4) is 0 Å². The van der Waals surface area contributed by atoms with Crippen LogP contribution in [0, 0.1) is 11.3 Å². The minimum atomic E-state index is -1.00. The first-order valence-corrected chi connectivity index (χ1v) is 19.0. The molecular weight excluding hydrogens is 706 g/mol. The number of aliphatic carboxylic acids is 1. The fourth-order valence-electron chi connectivity index (χ4n) is 7.46. The molecule has 3 atom stereocenters. The lowest BCUT2D eigenvalue weighted by Crippen LogP contribution is -2.56. The van der Waals surface area contributed by atoms with Crippen LogP contribution in [0.4, 0.5) is 16.3 Å². The molecular formula is C40H53N7O8. The number of carbonyl (C=O) groups excluding carboxylic acids is 1. The summed E-state index contributed by atoms with van der Waals surface area (Å²) in [6, 6.07) is 17.1. The van der Waals surface area contributed by atoms with E-state index in [1.165, 1.54) is 10.8 Å². The number of ether oxygens (including phenoxy) is 5. The minimum Gasteiger partial charge on any atom is -0.480 e. The molecule has 1 aromatic heterocycles. The third-order valence-corrected chi connectivity index (χ3v) is 10.1. The molecule has 296 valence electrons. The molecule has 3 aliphatic rings. The molecule has 1 amide bonds. The number of carbonyl (C=O) groups is 2. The van der Waals surface area contributed by atoms with Crippen molar-refractivity contribution >= 4 is 34.3 Å². The average Bonchev–Trinajstić information content (AvgIpc) is 3.51. The van der Waals surface area contributed by atoms with Crippen LogP contribution in [-0.4, -0.2) is 140 Å². The molecule has 0 aliphatic carbocycles. The summed E-state index contributed by atoms with van der Waals surface area (Å²) in [5.41, 5.74) is 2.48. The highest BCUT2D eigenvalue weighted by molar-refractivity contribution is 5.94. The summed E-state index contributed by atoms with van der Waals surface area (Å²) in [5.74, 6) is -0.214. The van der Waals surface area contributed by atoms with Crippen molar-refractivity contribution in [3.8, 4) is 12.1 Å². The topological polar surface area (TPSA) is 163 Å². The van der Waals surface area contributed by atoms with Gasteiger partial charge in [-0.1, -0.05) is 36.4 Å². The van der Waals surface area contributed by atoms with Crippen LogP contribution in [0.25, 0.3) is 10.8 Å². The van der Waals surface area contributed by atoms with Crippen molar-refractivity contribution in [1.82, 2.24) is 19.8 Å². The molecule has 15 nitrogen and oxygen atoms in total. The summed E-state index contributed by atoms with van der Waals surface area (Å²) in [7, 11) is 2.05. The SMILES string of the molecule is CN1C[C@H](OCCOCCOCC(=O)O)C[C@H]1COc1nc2c(c(N3CCN(C(=O)OC(C)(C)C)[C@@H](CC#N)C3)n1)CCN(c1cccc3ccccc13)C2. The van der Waals surface area contributed by atoms with E-state index >= 15 is 0 Å². The van der Waals surface area contributed by atoms with Gasteiger partial charge in [0, 0.05) is 55.4 Å². The fraction of sp³-hybridized carbons (Fsp3) is 0.575. The lowest BCUT2D eigenvalue weighted by Gasteiger charge is -2.42. The van der Waals surface area contributed by atoms with Crippen LogP contribution in [0.1, 0.15) is 44.9 Å². The zero-order chi connectivity index (χ0) is 39.0. The largest absolute Gasteiger partial charge is 0.480 e. The van der Waals surface area contributed by atoms with E-state index in [0.717, 1.165) is 48.7 Å². The molecule has 6 rings (SSSR count). The fourth-order valence-corrected chi connectivity index (χ4v) is 7.46. The Morgan fingerprint density at radius 3 is 2.53 bits per heavy atom. The number of rotatable bonds is 15. The number of piperazine rings is 1. The monoisotopic (exact) mass is 759 g/mol. The number of amides is 1. The van der Waals surface area contributed by atoms with Gasteiger partial charge < -0.3 is 43.5 Å². The highest BCUT2D eigenvalue weighted by Crippen LogP contribution is 2.35. The molecule has 1 N–H and O–H groups in total. The summed E-state index contributed by atoms with van der Waals surface area (Å²) < 4.78 is 28.7. The van der Waals surface area contributed by atoms with Crippen molar-refractivity contribution in [2.75, 3.05) is 89.2 Å². The van der Waals surface area contributed by atoms with E-state index < -0.39 is 17.7 Å². The number of likely N-dealkylation sites (N-methyl/N-ethyl adjacent to an activating group) is 1. The summed E-state index contributed by atoms with van der Waals surface area (Å²) in [5, 5.41) is 20.8. The van der Waals surface area contributed by atoms with Crippen LogP contribution in [-0.2, 0) is 36.7 Å². The third kappa shape index (κ3) is 10.5. The summed E-state index contributed by atoms with van der Waals surface area (Å²) in [4.78, 5) is 42.2. The number of hydrogen-bond donors (Lipinski definition) is 1. The number of carboxylic acids is 1. The van der Waals surface area contributed by atoms with Crippen molar-refractivity contribution < 1.29 is 38.4 Å². The molecule has 0 saturated carbocycles. The number of nitrogens with zero attached hydrogens (tertiary/aromatic N) is 7. The van der Waals surface area contributed by atoms with Gasteiger partial charge in [0.05, 0.1) is 63.3 Å². The number of likely N-dealkylation sites (tertiary alicyclic amines) is 1. The second kappa shape index (κ2) is 18.3. The number of anilines is 2. The zero-order valence-electron chi connectivity index (χ0n) is 32.3. The van der Waals surface area contributed by atoms with Gasteiger partial charge >= 0.3 is 18.1 Å². The predicted molar refractivity (Wildman–Crippen MR) is 205 cm³/mol. The van der Waals surface area contributed by atoms with Gasteiger partial charge in [-0.3, -0.25) is 4.90 Å². The van der Waals surface area contributed by atoms with E-state index in [0.29, 0.717) is 58.6 Å². The minimum absolute atomic E-state index is 0.0121. The molecule has 15 heteroatoms. The number of hydrogen-bond acceptors (Lipinski definition) is 13. The van der Waals surface area contributed by atoms with Gasteiger partial charge in [-0.2, -0.15) is 15.2 Å². The molecule has 0 bridgehead atoms. The Morgan fingerprint density at radius 1 is 0.945 bits per heavy atom. The Kier molecular flexibility index (Phi) is 13.3. The molecule has 3 aromatic rings. The van der Waals surface area contributed by atoms with E-state index in [1.54, 1.807) is 4.90 Å². The number of benzene rings is 2. The second-order valence-electron chi connectivity index (χ2n) is 15.3. The van der Waals surface area contributed by atoms with E-state index in [4.69, 9.17) is 38.8 Å². The average molecular weight is 760 g/mol. The van der Waals surface area contributed by atoms with Gasteiger partial charge in [-0.15, -0.1) is 0 Å². The van der Waals surface area contributed by atoms with Gasteiger partial charge in [-0.25, -0.2) is 9.59 Å². The van der Waals surface area contributed by atoms with Crippen LogP contribution in [0.5, 0.6) is 6.01 Å². The van der Waals surface area contributed by atoms with Crippen LogP contribution in [0.15, 0.2) is 42.5 Å². The highest BCUT2D eigenvalue weighted by Gasteiger charge is 2.36. The maximum atomic E-state index is 13.2. The van der Waals surface area contributed by atoms with Gasteiger partial charge in [0.2, 0.25) is 0 Å². The standard InChI is InChI=1S/C40H53N7O8/c1-40(2,3)55-39(50)47-17-16-46(23-29(47)12-14-41)37-33-13-15-45(35-11-7-9-28-8-5-6-10-32(28)35)25-34(33)42-38(43-37)54-26-30-22-31(24-44(30)4)53-21-20-51-18-19-52-27-36(48)49/h5-11,29-31H,12-13,15-27H2,1-4H3,(H,48,49)/t29-,30-,31+/m0/s1.